The fourth-order valence-corrected chi connectivity index (χ4v) is 1.86. The van der Waals surface area contributed by atoms with E-state index in [2.05, 4.69) is 0 Å². The van der Waals surface area contributed by atoms with Gasteiger partial charge in [0.25, 0.3) is 0 Å². The molecule has 0 fully saturated rings. The van der Waals surface area contributed by atoms with Crippen molar-refractivity contribution in [2.24, 2.45) is 0 Å². The van der Waals surface area contributed by atoms with Crippen LogP contribution in [0.4, 0.5) is 4.39 Å². The van der Waals surface area contributed by atoms with Crippen molar-refractivity contribution in [3.05, 3.63) is 58.4 Å². The Labute approximate surface area is 110 Å². The number of hydrogen-bond donors (Lipinski definition) is 1. The van der Waals surface area contributed by atoms with Crippen LogP contribution >= 0.6 is 11.6 Å². The van der Waals surface area contributed by atoms with E-state index in [1.54, 1.807) is 24.3 Å². The van der Waals surface area contributed by atoms with E-state index in [0.29, 0.717) is 16.5 Å². The van der Waals surface area contributed by atoms with E-state index in [4.69, 9.17) is 21.4 Å². The Kier molecular flexibility index (Phi) is 3.84. The van der Waals surface area contributed by atoms with E-state index in [9.17, 15) is 4.39 Å². The molecule has 0 bridgehead atoms. The van der Waals surface area contributed by atoms with Gasteiger partial charge in [-0.25, -0.2) is 4.39 Å². The molecular weight excluding hydrogens is 255 g/mol. The molecule has 2 aromatic rings. The van der Waals surface area contributed by atoms with Crippen molar-refractivity contribution in [2.45, 2.75) is 13.5 Å². The van der Waals surface area contributed by atoms with Gasteiger partial charge in [0.1, 0.15) is 17.3 Å². The highest BCUT2D eigenvalue weighted by Gasteiger charge is 2.10. The maximum atomic E-state index is 13.5. The first-order valence-corrected chi connectivity index (χ1v) is 5.82. The van der Waals surface area contributed by atoms with Crippen LogP contribution in [-0.2, 0) is 6.61 Å². The van der Waals surface area contributed by atoms with Crippen LogP contribution < -0.4 is 4.74 Å². The summed E-state index contributed by atoms with van der Waals surface area (Å²) in [5.41, 5.74) is 0.988. The van der Waals surface area contributed by atoms with Gasteiger partial charge in [0.05, 0.1) is 12.2 Å². The average Bonchev–Trinajstić information content (AvgIpc) is 2.33. The van der Waals surface area contributed by atoms with Crippen LogP contribution in [0.5, 0.6) is 11.5 Å². The molecule has 4 heteroatoms. The van der Waals surface area contributed by atoms with Gasteiger partial charge in [0.2, 0.25) is 0 Å². The fraction of sp³-hybridized carbons (Fsp3) is 0.143. The van der Waals surface area contributed by atoms with Crippen molar-refractivity contribution in [1.82, 2.24) is 0 Å². The fourth-order valence-electron chi connectivity index (χ4n) is 1.63. The summed E-state index contributed by atoms with van der Waals surface area (Å²) in [5.74, 6) is 0.407. The zero-order valence-corrected chi connectivity index (χ0v) is 10.5. The van der Waals surface area contributed by atoms with Crippen LogP contribution in [0.1, 0.15) is 11.1 Å². The summed E-state index contributed by atoms with van der Waals surface area (Å²) >= 11 is 5.85. The second-order valence-corrected chi connectivity index (χ2v) is 4.32. The molecule has 0 aliphatic heterocycles. The molecule has 0 amide bonds. The van der Waals surface area contributed by atoms with Crippen molar-refractivity contribution < 1.29 is 14.2 Å². The normalized spacial score (nSPS) is 10.4. The Morgan fingerprint density at radius 1 is 1.22 bits per heavy atom. The van der Waals surface area contributed by atoms with Crippen LogP contribution in [0.3, 0.4) is 0 Å². The topological polar surface area (TPSA) is 29.5 Å². The standard InChI is InChI=1S/C14H12ClFO2/c1-9-7-10(15)5-6-13(9)18-14-4-2-3-12(16)11(14)8-17/h2-7,17H,8H2,1H3. The molecule has 18 heavy (non-hydrogen) atoms. The van der Waals surface area contributed by atoms with E-state index in [1.807, 2.05) is 6.92 Å². The Bertz CT molecular complexity index is 570. The summed E-state index contributed by atoms with van der Waals surface area (Å²) in [4.78, 5) is 0. The van der Waals surface area contributed by atoms with E-state index in [-0.39, 0.29) is 5.56 Å². The molecule has 94 valence electrons. The first kappa shape index (κ1) is 12.9. The van der Waals surface area contributed by atoms with Crippen molar-refractivity contribution in [2.75, 3.05) is 0 Å². The number of aliphatic hydroxyl groups excluding tert-OH is 1. The number of aliphatic hydroxyl groups is 1. The summed E-state index contributed by atoms with van der Waals surface area (Å²) < 4.78 is 19.1. The highest BCUT2D eigenvalue weighted by Crippen LogP contribution is 2.30. The number of halogens is 2. The molecule has 0 aliphatic rings. The van der Waals surface area contributed by atoms with Gasteiger partial charge >= 0.3 is 0 Å². The van der Waals surface area contributed by atoms with Gasteiger partial charge in [-0.05, 0) is 42.8 Å². The van der Waals surface area contributed by atoms with Crippen molar-refractivity contribution >= 4 is 11.6 Å². The third-order valence-electron chi connectivity index (χ3n) is 2.59. The Balaban J connectivity index is 2.37. The Hall–Kier alpha value is -1.58. The second kappa shape index (κ2) is 5.38. The number of aryl methyl sites for hydroxylation is 1. The predicted molar refractivity (Wildman–Crippen MR) is 68.6 cm³/mol. The predicted octanol–water partition coefficient (Wildman–Crippen LogP) is 4.07. The molecule has 0 saturated heterocycles. The highest BCUT2D eigenvalue weighted by molar-refractivity contribution is 6.30. The molecule has 0 atom stereocenters. The van der Waals surface area contributed by atoms with Gasteiger partial charge in [-0.2, -0.15) is 0 Å². The second-order valence-electron chi connectivity index (χ2n) is 3.89. The number of rotatable bonds is 3. The van der Waals surface area contributed by atoms with Gasteiger partial charge in [-0.1, -0.05) is 17.7 Å². The molecule has 0 radical (unpaired) electrons. The molecule has 2 aromatic carbocycles. The van der Waals surface area contributed by atoms with Crippen LogP contribution in [-0.4, -0.2) is 5.11 Å². The van der Waals surface area contributed by atoms with Crippen molar-refractivity contribution in [3.63, 3.8) is 0 Å². The minimum atomic E-state index is -0.485. The lowest BCUT2D eigenvalue weighted by molar-refractivity contribution is 0.270. The van der Waals surface area contributed by atoms with Crippen LogP contribution in [0, 0.1) is 12.7 Å². The van der Waals surface area contributed by atoms with E-state index >= 15 is 0 Å². The number of hydrogen-bond acceptors (Lipinski definition) is 2. The zero-order valence-electron chi connectivity index (χ0n) is 9.78. The van der Waals surface area contributed by atoms with Crippen molar-refractivity contribution in [1.29, 1.82) is 0 Å². The van der Waals surface area contributed by atoms with Crippen LogP contribution in [0.2, 0.25) is 5.02 Å². The lowest BCUT2D eigenvalue weighted by Gasteiger charge is -2.12. The summed E-state index contributed by atoms with van der Waals surface area (Å²) in [6.45, 7) is 1.44. The van der Waals surface area contributed by atoms with E-state index in [1.165, 1.54) is 12.1 Å². The first-order valence-electron chi connectivity index (χ1n) is 5.44. The minimum absolute atomic E-state index is 0.145. The monoisotopic (exact) mass is 266 g/mol. The zero-order chi connectivity index (χ0) is 13.1. The number of ether oxygens (including phenoxy) is 1. The largest absolute Gasteiger partial charge is 0.457 e. The molecule has 1 N–H and O–H groups in total. The summed E-state index contributed by atoms with van der Waals surface area (Å²) in [7, 11) is 0. The van der Waals surface area contributed by atoms with Gasteiger partial charge in [0.15, 0.2) is 0 Å². The summed E-state index contributed by atoms with van der Waals surface area (Å²) in [6, 6.07) is 9.60. The molecule has 0 unspecified atom stereocenters. The third kappa shape index (κ3) is 2.63. The lowest BCUT2D eigenvalue weighted by atomic mass is 10.2. The molecule has 2 rings (SSSR count). The quantitative estimate of drug-likeness (QED) is 0.907. The first-order chi connectivity index (χ1) is 8.61. The number of benzene rings is 2. The molecule has 0 spiro atoms. The molecule has 0 aliphatic carbocycles. The van der Waals surface area contributed by atoms with Gasteiger partial charge in [-0.3, -0.25) is 0 Å². The highest BCUT2D eigenvalue weighted by atomic mass is 35.5. The van der Waals surface area contributed by atoms with Crippen LogP contribution in [0.25, 0.3) is 0 Å². The van der Waals surface area contributed by atoms with Gasteiger partial charge in [-0.15, -0.1) is 0 Å². The van der Waals surface area contributed by atoms with E-state index in [0.717, 1.165) is 5.56 Å². The van der Waals surface area contributed by atoms with Gasteiger partial charge < -0.3 is 9.84 Å². The molecular formula is C14H12ClFO2. The van der Waals surface area contributed by atoms with Crippen LogP contribution in [0.15, 0.2) is 36.4 Å². The molecule has 0 aromatic heterocycles. The maximum Gasteiger partial charge on any atom is 0.135 e. The third-order valence-corrected chi connectivity index (χ3v) is 2.83. The summed E-state index contributed by atoms with van der Waals surface area (Å²) in [5, 5.41) is 9.76. The smallest absolute Gasteiger partial charge is 0.135 e. The molecule has 0 saturated carbocycles. The Morgan fingerprint density at radius 3 is 2.67 bits per heavy atom. The molecule has 0 heterocycles. The SMILES string of the molecule is Cc1cc(Cl)ccc1Oc1cccc(F)c1CO. The lowest BCUT2D eigenvalue weighted by Crippen LogP contribution is -1.96. The average molecular weight is 267 g/mol. The van der Waals surface area contributed by atoms with E-state index < -0.39 is 12.4 Å². The minimum Gasteiger partial charge on any atom is -0.457 e. The molecule has 2 nitrogen and oxygen atoms in total. The van der Waals surface area contributed by atoms with Crippen molar-refractivity contribution in [3.8, 4) is 11.5 Å². The maximum absolute atomic E-state index is 13.5. The summed E-state index contributed by atoms with van der Waals surface area (Å²) in [6.07, 6.45) is 0. The Morgan fingerprint density at radius 2 is 2.00 bits per heavy atom. The van der Waals surface area contributed by atoms with Gasteiger partial charge in [0, 0.05) is 5.02 Å².